The molecule has 0 aromatic heterocycles. The number of hydrogen-bond acceptors (Lipinski definition) is 2. The van der Waals surface area contributed by atoms with Crippen LogP contribution in [-0.2, 0) is 4.79 Å². The normalized spacial score (nSPS) is 16.0. The van der Waals surface area contributed by atoms with E-state index in [0.29, 0.717) is 5.57 Å². The Kier molecular flexibility index (Phi) is 5.10. The topological polar surface area (TPSA) is 32.3 Å². The zero-order chi connectivity index (χ0) is 11.8. The van der Waals surface area contributed by atoms with E-state index in [2.05, 4.69) is 30.3 Å². The van der Waals surface area contributed by atoms with Gasteiger partial charge in [-0.3, -0.25) is 4.79 Å². The summed E-state index contributed by atoms with van der Waals surface area (Å²) in [4.78, 5) is 13.4. The summed E-state index contributed by atoms with van der Waals surface area (Å²) in [6.45, 7) is 10.3. The smallest absolute Gasteiger partial charge is 0.298 e. The predicted molar refractivity (Wildman–Crippen MR) is 65.7 cm³/mol. The molecule has 84 valence electrons. The molecule has 1 rings (SSSR count). The third-order valence-corrected chi connectivity index (χ3v) is 2.24. The Hall–Kier alpha value is -1.79. The quantitative estimate of drug-likeness (QED) is 0.545. The van der Waals surface area contributed by atoms with E-state index < -0.39 is 0 Å². The van der Waals surface area contributed by atoms with E-state index in [1.807, 2.05) is 0 Å². The maximum absolute atomic E-state index is 11.7. The minimum Gasteiger partial charge on any atom is -0.329 e. The Labute approximate surface area is 96.5 Å². The van der Waals surface area contributed by atoms with Crippen LogP contribution >= 0.6 is 0 Å². The summed E-state index contributed by atoms with van der Waals surface area (Å²) in [7, 11) is 0. The van der Waals surface area contributed by atoms with Crippen LogP contribution in [0, 0.1) is 11.8 Å². The highest BCUT2D eigenvalue weighted by atomic mass is 16.2. The van der Waals surface area contributed by atoms with Gasteiger partial charge >= 0.3 is 0 Å². The van der Waals surface area contributed by atoms with E-state index in [-0.39, 0.29) is 5.91 Å². The lowest BCUT2D eigenvalue weighted by molar-refractivity contribution is -0.125. The Morgan fingerprint density at radius 1 is 1.25 bits per heavy atom. The fourth-order valence-electron chi connectivity index (χ4n) is 1.36. The minimum absolute atomic E-state index is 0.127. The van der Waals surface area contributed by atoms with Gasteiger partial charge in [-0.1, -0.05) is 31.2 Å². The van der Waals surface area contributed by atoms with Crippen molar-refractivity contribution >= 4 is 5.91 Å². The van der Waals surface area contributed by atoms with Crippen molar-refractivity contribution in [3.63, 3.8) is 0 Å². The van der Waals surface area contributed by atoms with Gasteiger partial charge in [0.15, 0.2) is 0 Å². The monoisotopic (exact) mass is 216 g/mol. The molecule has 0 unspecified atom stereocenters. The lowest BCUT2D eigenvalue weighted by Crippen LogP contribution is -2.46. The Balaban J connectivity index is 2.61. The molecular weight excluding hydrogens is 200 g/mol. The van der Waals surface area contributed by atoms with Crippen LogP contribution in [-0.4, -0.2) is 37.0 Å². The summed E-state index contributed by atoms with van der Waals surface area (Å²) >= 11 is 0. The van der Waals surface area contributed by atoms with E-state index in [0.717, 1.165) is 26.2 Å². The first-order valence-corrected chi connectivity index (χ1v) is 5.24. The van der Waals surface area contributed by atoms with Crippen molar-refractivity contribution in [1.29, 1.82) is 0 Å². The van der Waals surface area contributed by atoms with Gasteiger partial charge in [0.2, 0.25) is 0 Å². The molecule has 0 spiro atoms. The van der Waals surface area contributed by atoms with Crippen LogP contribution in [0.3, 0.4) is 0 Å². The zero-order valence-corrected chi connectivity index (χ0v) is 9.33. The summed E-state index contributed by atoms with van der Waals surface area (Å²) in [5.74, 6) is 5.26. The maximum atomic E-state index is 11.7. The van der Waals surface area contributed by atoms with Crippen LogP contribution in [0.1, 0.15) is 0 Å². The highest BCUT2D eigenvalue weighted by Gasteiger charge is 2.13. The van der Waals surface area contributed by atoms with Crippen molar-refractivity contribution in [3.8, 4) is 11.8 Å². The number of nitrogens with zero attached hydrogens (tertiary/aromatic N) is 1. The number of amides is 1. The fraction of sp³-hybridized carbons (Fsp3) is 0.308. The number of piperazine rings is 1. The lowest BCUT2D eigenvalue weighted by atomic mass is 10.2. The highest BCUT2D eigenvalue weighted by Crippen LogP contribution is 1.95. The average Bonchev–Trinajstić information content (AvgIpc) is 2.35. The largest absolute Gasteiger partial charge is 0.329 e. The third-order valence-electron chi connectivity index (χ3n) is 2.24. The molecule has 0 saturated carbocycles. The standard InChI is InChI=1S/C13H16N2O/c1-3-5-12(4-2)6-7-13(16)15-10-8-14-9-11-15/h3-5,14H,1-2,8-11H2/b12-5+. The molecule has 0 bridgehead atoms. The first-order chi connectivity index (χ1) is 7.77. The van der Waals surface area contributed by atoms with E-state index >= 15 is 0 Å². The molecule has 1 amide bonds. The molecule has 16 heavy (non-hydrogen) atoms. The van der Waals surface area contributed by atoms with E-state index in [4.69, 9.17) is 0 Å². The predicted octanol–water partition coefficient (Wildman–Crippen LogP) is 0.720. The molecule has 1 N–H and O–H groups in total. The van der Waals surface area contributed by atoms with E-state index in [1.165, 1.54) is 0 Å². The molecule has 1 saturated heterocycles. The molecule has 1 aliphatic rings. The van der Waals surface area contributed by atoms with Crippen LogP contribution in [0.15, 0.2) is 37.0 Å². The van der Waals surface area contributed by atoms with Gasteiger partial charge in [-0.15, -0.1) is 0 Å². The molecule has 1 fully saturated rings. The number of carbonyl (C=O) groups is 1. The van der Waals surface area contributed by atoms with Crippen molar-refractivity contribution in [2.24, 2.45) is 0 Å². The zero-order valence-electron chi connectivity index (χ0n) is 9.33. The second-order valence-electron chi connectivity index (χ2n) is 3.35. The molecule has 3 nitrogen and oxygen atoms in total. The van der Waals surface area contributed by atoms with Crippen LogP contribution in [0.4, 0.5) is 0 Å². The summed E-state index contributed by atoms with van der Waals surface area (Å²) in [6, 6.07) is 0. The molecular formula is C13H16N2O. The number of hydrogen-bond donors (Lipinski definition) is 1. The maximum Gasteiger partial charge on any atom is 0.298 e. The van der Waals surface area contributed by atoms with Crippen LogP contribution in [0.25, 0.3) is 0 Å². The summed E-state index contributed by atoms with van der Waals surface area (Å²) in [6.07, 6.45) is 4.96. The number of rotatable bonds is 2. The Morgan fingerprint density at radius 2 is 1.94 bits per heavy atom. The van der Waals surface area contributed by atoms with E-state index in [9.17, 15) is 4.79 Å². The molecule has 0 aromatic carbocycles. The molecule has 1 aliphatic heterocycles. The molecule has 0 atom stereocenters. The van der Waals surface area contributed by atoms with Gasteiger partial charge in [0, 0.05) is 37.7 Å². The van der Waals surface area contributed by atoms with Crippen molar-refractivity contribution in [2.45, 2.75) is 0 Å². The molecule has 0 aromatic rings. The Bertz CT molecular complexity index is 365. The second-order valence-corrected chi connectivity index (χ2v) is 3.35. The van der Waals surface area contributed by atoms with Gasteiger partial charge < -0.3 is 10.2 Å². The van der Waals surface area contributed by atoms with Crippen LogP contribution < -0.4 is 5.32 Å². The van der Waals surface area contributed by atoms with Gasteiger partial charge in [-0.05, 0) is 6.08 Å². The summed E-state index contributed by atoms with van der Waals surface area (Å²) < 4.78 is 0. The molecule has 0 aliphatic carbocycles. The summed E-state index contributed by atoms with van der Waals surface area (Å²) in [5, 5.41) is 3.18. The number of allylic oxidation sites excluding steroid dienone is 4. The van der Waals surface area contributed by atoms with Gasteiger partial charge in [-0.2, -0.15) is 0 Å². The van der Waals surface area contributed by atoms with Crippen molar-refractivity contribution in [3.05, 3.63) is 37.0 Å². The number of nitrogens with one attached hydrogen (secondary N) is 1. The molecule has 0 radical (unpaired) electrons. The second kappa shape index (κ2) is 6.65. The highest BCUT2D eigenvalue weighted by molar-refractivity contribution is 5.94. The van der Waals surface area contributed by atoms with Crippen molar-refractivity contribution < 1.29 is 4.79 Å². The van der Waals surface area contributed by atoms with Gasteiger partial charge in [-0.25, -0.2) is 0 Å². The van der Waals surface area contributed by atoms with E-state index in [1.54, 1.807) is 23.1 Å². The minimum atomic E-state index is -0.127. The molecule has 1 heterocycles. The average molecular weight is 216 g/mol. The first-order valence-electron chi connectivity index (χ1n) is 5.24. The van der Waals surface area contributed by atoms with Crippen LogP contribution in [0.2, 0.25) is 0 Å². The van der Waals surface area contributed by atoms with Gasteiger partial charge in [0.1, 0.15) is 0 Å². The Morgan fingerprint density at radius 3 is 2.50 bits per heavy atom. The lowest BCUT2D eigenvalue weighted by Gasteiger charge is -2.25. The molecule has 3 heteroatoms. The van der Waals surface area contributed by atoms with Crippen molar-refractivity contribution in [1.82, 2.24) is 10.2 Å². The summed E-state index contributed by atoms with van der Waals surface area (Å²) in [5.41, 5.74) is 0.707. The third kappa shape index (κ3) is 3.76. The van der Waals surface area contributed by atoms with Gasteiger partial charge in [0.05, 0.1) is 0 Å². The van der Waals surface area contributed by atoms with Gasteiger partial charge in [0.25, 0.3) is 5.91 Å². The SMILES string of the molecule is C=C/C=C(/C#CC(=O)N1CCNCC1)C=C. The first kappa shape index (κ1) is 12.3. The van der Waals surface area contributed by atoms with Crippen LogP contribution in [0.5, 0.6) is 0 Å². The number of carbonyl (C=O) groups excluding carboxylic acids is 1. The van der Waals surface area contributed by atoms with Crippen molar-refractivity contribution in [2.75, 3.05) is 26.2 Å². The fourth-order valence-corrected chi connectivity index (χ4v) is 1.36.